The molecule has 0 aliphatic rings. The molecule has 0 saturated carbocycles. The van der Waals surface area contributed by atoms with Crippen molar-refractivity contribution in [2.75, 3.05) is 5.32 Å². The molecule has 0 fully saturated rings. The highest BCUT2D eigenvalue weighted by Gasteiger charge is 2.25. The van der Waals surface area contributed by atoms with Gasteiger partial charge in [-0.25, -0.2) is 8.78 Å². The van der Waals surface area contributed by atoms with Crippen molar-refractivity contribution in [3.63, 3.8) is 0 Å². The van der Waals surface area contributed by atoms with Gasteiger partial charge in [-0.3, -0.25) is 9.89 Å². The summed E-state index contributed by atoms with van der Waals surface area (Å²) in [6.45, 7) is 0.694. The molecule has 6 heteroatoms. The summed E-state index contributed by atoms with van der Waals surface area (Å²) in [5.41, 5.74) is 0. The summed E-state index contributed by atoms with van der Waals surface area (Å²) in [5.74, 6) is -3.41. The van der Waals surface area contributed by atoms with E-state index in [-0.39, 0.29) is 0 Å². The van der Waals surface area contributed by atoms with Gasteiger partial charge in [-0.15, -0.1) is 0 Å². The van der Waals surface area contributed by atoms with Crippen molar-refractivity contribution < 1.29 is 13.6 Å². The molecule has 1 aromatic heterocycles. The minimum absolute atomic E-state index is 0.314. The van der Waals surface area contributed by atoms with Crippen LogP contribution in [0.5, 0.6) is 0 Å². The zero-order chi connectivity index (χ0) is 9.90. The Labute approximate surface area is 73.3 Å². The fourth-order valence-corrected chi connectivity index (χ4v) is 0.802. The quantitative estimate of drug-likeness (QED) is 0.754. The van der Waals surface area contributed by atoms with E-state index in [0.717, 1.165) is 0 Å². The molecule has 0 aliphatic heterocycles. The van der Waals surface area contributed by atoms with Crippen LogP contribution in [0.25, 0.3) is 0 Å². The third-order valence-electron chi connectivity index (χ3n) is 1.25. The molecule has 1 aromatic rings. The molecule has 2 N–H and O–H groups in total. The largest absolute Gasteiger partial charge is 0.311 e. The number of H-pyrrole nitrogens is 1. The maximum atomic E-state index is 12.3. The Morgan fingerprint density at radius 2 is 2.46 bits per heavy atom. The molecular formula is C7H9F2N3O. The summed E-state index contributed by atoms with van der Waals surface area (Å²) < 4.78 is 24.6. The van der Waals surface area contributed by atoms with Crippen molar-refractivity contribution in [3.05, 3.63) is 12.3 Å². The van der Waals surface area contributed by atoms with Gasteiger partial charge in [0.05, 0.1) is 12.6 Å². The van der Waals surface area contributed by atoms with Crippen molar-refractivity contribution in [2.24, 2.45) is 0 Å². The van der Waals surface area contributed by atoms with Crippen LogP contribution in [-0.2, 0) is 4.79 Å². The molecular weight excluding hydrogens is 180 g/mol. The standard InChI is InChI=1S/C7H9F2N3O/c1-7(8,9)4-6(13)11-5-2-3-10-12-5/h2-3H,4H2,1H3,(H2,10,11,12,13). The highest BCUT2D eigenvalue weighted by molar-refractivity contribution is 5.90. The van der Waals surface area contributed by atoms with Crippen molar-refractivity contribution in [2.45, 2.75) is 19.3 Å². The number of nitrogens with zero attached hydrogens (tertiary/aromatic N) is 1. The SMILES string of the molecule is CC(F)(F)CC(=O)Nc1ccn[nH]1. The third-order valence-corrected chi connectivity index (χ3v) is 1.25. The fraction of sp³-hybridized carbons (Fsp3) is 0.429. The number of rotatable bonds is 3. The zero-order valence-electron chi connectivity index (χ0n) is 6.97. The first-order valence-electron chi connectivity index (χ1n) is 3.64. The number of hydrogen-bond donors (Lipinski definition) is 2. The molecule has 0 atom stereocenters. The number of carbonyl (C=O) groups excluding carboxylic acids is 1. The molecule has 0 bridgehead atoms. The molecule has 1 rings (SSSR count). The van der Waals surface area contributed by atoms with E-state index in [1.807, 2.05) is 0 Å². The second-order valence-electron chi connectivity index (χ2n) is 2.77. The molecule has 13 heavy (non-hydrogen) atoms. The summed E-state index contributed by atoms with van der Waals surface area (Å²) in [6, 6.07) is 1.48. The third kappa shape index (κ3) is 3.64. The molecule has 1 heterocycles. The van der Waals surface area contributed by atoms with Crippen molar-refractivity contribution in [1.82, 2.24) is 10.2 Å². The molecule has 0 aromatic carbocycles. The monoisotopic (exact) mass is 189 g/mol. The van der Waals surface area contributed by atoms with Crippen LogP contribution in [0.2, 0.25) is 0 Å². The van der Waals surface area contributed by atoms with Gasteiger partial charge in [0.2, 0.25) is 5.91 Å². The second kappa shape index (κ2) is 3.51. The van der Waals surface area contributed by atoms with E-state index >= 15 is 0 Å². The van der Waals surface area contributed by atoms with Gasteiger partial charge in [-0.1, -0.05) is 0 Å². The van der Waals surface area contributed by atoms with Gasteiger partial charge in [0.15, 0.2) is 0 Å². The molecule has 1 amide bonds. The van der Waals surface area contributed by atoms with E-state index in [1.165, 1.54) is 12.3 Å². The van der Waals surface area contributed by atoms with Gasteiger partial charge in [-0.2, -0.15) is 5.10 Å². The Morgan fingerprint density at radius 3 is 2.92 bits per heavy atom. The number of nitrogens with one attached hydrogen (secondary N) is 2. The van der Waals surface area contributed by atoms with Crippen LogP contribution >= 0.6 is 0 Å². The number of alkyl halides is 2. The average molecular weight is 189 g/mol. The van der Waals surface area contributed by atoms with E-state index < -0.39 is 18.3 Å². The number of halogens is 2. The number of anilines is 1. The first-order chi connectivity index (χ1) is 5.97. The first-order valence-corrected chi connectivity index (χ1v) is 3.64. The Bertz CT molecular complexity index is 278. The topological polar surface area (TPSA) is 57.8 Å². The van der Waals surface area contributed by atoms with E-state index in [1.54, 1.807) is 0 Å². The van der Waals surface area contributed by atoms with Gasteiger partial charge in [0.1, 0.15) is 5.82 Å². The Hall–Kier alpha value is -1.46. The van der Waals surface area contributed by atoms with E-state index in [9.17, 15) is 13.6 Å². The summed E-state index contributed by atoms with van der Waals surface area (Å²) in [4.78, 5) is 10.9. The van der Waals surface area contributed by atoms with E-state index in [0.29, 0.717) is 12.7 Å². The molecule has 0 unspecified atom stereocenters. The van der Waals surface area contributed by atoms with Gasteiger partial charge < -0.3 is 5.32 Å². The predicted molar refractivity (Wildman–Crippen MR) is 42.5 cm³/mol. The lowest BCUT2D eigenvalue weighted by Crippen LogP contribution is -2.22. The lowest BCUT2D eigenvalue weighted by Gasteiger charge is -2.08. The van der Waals surface area contributed by atoms with Crippen LogP contribution in [0.3, 0.4) is 0 Å². The number of aromatic amines is 1. The minimum atomic E-state index is -2.98. The first kappa shape index (κ1) is 9.63. The Balaban J connectivity index is 2.43. The van der Waals surface area contributed by atoms with E-state index in [2.05, 4.69) is 15.5 Å². The molecule has 0 radical (unpaired) electrons. The summed E-state index contributed by atoms with van der Waals surface area (Å²) in [5, 5.41) is 8.21. The average Bonchev–Trinajstić information content (AvgIpc) is 2.34. The maximum Gasteiger partial charge on any atom is 0.254 e. The predicted octanol–water partition coefficient (Wildman–Crippen LogP) is 1.39. The molecule has 0 aliphatic carbocycles. The minimum Gasteiger partial charge on any atom is -0.311 e. The smallest absolute Gasteiger partial charge is 0.254 e. The van der Waals surface area contributed by atoms with Crippen LogP contribution in [0.15, 0.2) is 12.3 Å². The molecule has 0 saturated heterocycles. The van der Waals surface area contributed by atoms with Gasteiger partial charge in [0.25, 0.3) is 5.92 Å². The van der Waals surface area contributed by atoms with Crippen LogP contribution in [0.1, 0.15) is 13.3 Å². The maximum absolute atomic E-state index is 12.3. The summed E-state index contributed by atoms with van der Waals surface area (Å²) >= 11 is 0. The highest BCUT2D eigenvalue weighted by Crippen LogP contribution is 2.17. The lowest BCUT2D eigenvalue weighted by molar-refractivity contribution is -0.122. The lowest BCUT2D eigenvalue weighted by atomic mass is 10.2. The molecule has 0 spiro atoms. The van der Waals surface area contributed by atoms with Gasteiger partial charge in [0, 0.05) is 6.07 Å². The van der Waals surface area contributed by atoms with Crippen LogP contribution in [0, 0.1) is 0 Å². The zero-order valence-corrected chi connectivity index (χ0v) is 6.97. The molecule has 72 valence electrons. The number of amides is 1. The second-order valence-corrected chi connectivity index (χ2v) is 2.77. The summed E-state index contributed by atoms with van der Waals surface area (Å²) in [6.07, 6.45) is 0.589. The number of aromatic nitrogens is 2. The van der Waals surface area contributed by atoms with Gasteiger partial charge >= 0.3 is 0 Å². The van der Waals surface area contributed by atoms with Crippen molar-refractivity contribution >= 4 is 11.7 Å². The number of carbonyl (C=O) groups is 1. The number of hydrogen-bond acceptors (Lipinski definition) is 2. The van der Waals surface area contributed by atoms with E-state index in [4.69, 9.17) is 0 Å². The fourth-order valence-electron chi connectivity index (χ4n) is 0.802. The Kier molecular flexibility index (Phi) is 2.60. The highest BCUT2D eigenvalue weighted by atomic mass is 19.3. The molecule has 4 nitrogen and oxygen atoms in total. The van der Waals surface area contributed by atoms with Gasteiger partial charge in [-0.05, 0) is 6.92 Å². The van der Waals surface area contributed by atoms with Crippen molar-refractivity contribution in [1.29, 1.82) is 0 Å². The Morgan fingerprint density at radius 1 is 1.77 bits per heavy atom. The van der Waals surface area contributed by atoms with Crippen molar-refractivity contribution in [3.8, 4) is 0 Å². The normalized spacial score (nSPS) is 11.3. The summed E-state index contributed by atoms with van der Waals surface area (Å²) in [7, 11) is 0. The van der Waals surface area contributed by atoms with Crippen LogP contribution in [0.4, 0.5) is 14.6 Å². The van der Waals surface area contributed by atoms with Crippen LogP contribution < -0.4 is 5.32 Å². The van der Waals surface area contributed by atoms with Crippen LogP contribution in [-0.4, -0.2) is 22.0 Å².